The van der Waals surface area contributed by atoms with Gasteiger partial charge in [-0.15, -0.1) is 0 Å². The molecule has 0 aliphatic rings. The Morgan fingerprint density at radius 1 is 1.47 bits per heavy atom. The van der Waals surface area contributed by atoms with Gasteiger partial charge < -0.3 is 14.2 Å². The third-order valence-electron chi connectivity index (χ3n) is 1.89. The molecule has 1 rings (SSSR count). The molecule has 0 atom stereocenters. The van der Waals surface area contributed by atoms with Crippen LogP contribution in [0.5, 0.6) is 5.75 Å². The van der Waals surface area contributed by atoms with Crippen LogP contribution in [0.2, 0.25) is 0 Å². The maximum Gasteiger partial charge on any atom is 0.341 e. The van der Waals surface area contributed by atoms with E-state index in [1.54, 1.807) is 18.2 Å². The van der Waals surface area contributed by atoms with Crippen molar-refractivity contribution in [2.45, 2.75) is 0 Å². The fourth-order valence-corrected chi connectivity index (χ4v) is 1.30. The number of rotatable bonds is 5. The highest BCUT2D eigenvalue weighted by Crippen LogP contribution is 2.31. The van der Waals surface area contributed by atoms with Crippen LogP contribution >= 0.6 is 12.2 Å². The molecule has 0 aliphatic heterocycles. The van der Waals surface area contributed by atoms with Gasteiger partial charge >= 0.3 is 5.97 Å². The molecule has 6 heteroatoms. The molecule has 17 heavy (non-hydrogen) atoms. The first-order valence-corrected chi connectivity index (χ1v) is 5.06. The maximum atomic E-state index is 11.5. The minimum absolute atomic E-state index is 0.00600. The van der Waals surface area contributed by atoms with Crippen molar-refractivity contribution in [1.29, 1.82) is 0 Å². The topological polar surface area (TPSA) is 57.1 Å². The Morgan fingerprint density at radius 2 is 2.24 bits per heavy atom. The van der Waals surface area contributed by atoms with Crippen LogP contribution in [0.4, 0.5) is 5.69 Å². The fourth-order valence-electron chi connectivity index (χ4n) is 1.20. The van der Waals surface area contributed by atoms with E-state index in [9.17, 15) is 4.79 Å². The van der Waals surface area contributed by atoms with Crippen molar-refractivity contribution in [2.24, 2.45) is 4.99 Å². The Morgan fingerprint density at radius 3 is 2.82 bits per heavy atom. The van der Waals surface area contributed by atoms with E-state index in [1.807, 2.05) is 0 Å². The van der Waals surface area contributed by atoms with Gasteiger partial charge in [0.05, 0.1) is 12.3 Å². The summed E-state index contributed by atoms with van der Waals surface area (Å²) in [5.41, 5.74) is 0.663. The van der Waals surface area contributed by atoms with Gasteiger partial charge in [-0.05, 0) is 24.4 Å². The monoisotopic (exact) mass is 253 g/mol. The summed E-state index contributed by atoms with van der Waals surface area (Å²) in [6.45, 7) is -0.00600. The van der Waals surface area contributed by atoms with Crippen LogP contribution in [0, 0.1) is 0 Å². The molecule has 0 radical (unpaired) electrons. The van der Waals surface area contributed by atoms with Crippen molar-refractivity contribution >= 4 is 29.0 Å². The highest BCUT2D eigenvalue weighted by Gasteiger charge is 2.16. The number of hydrogen-bond acceptors (Lipinski definition) is 6. The zero-order chi connectivity index (χ0) is 12.7. The molecule has 0 saturated heterocycles. The van der Waals surface area contributed by atoms with Crippen molar-refractivity contribution < 1.29 is 19.0 Å². The highest BCUT2D eigenvalue weighted by atomic mass is 32.1. The number of hydrogen-bond donors (Lipinski definition) is 0. The van der Waals surface area contributed by atoms with Gasteiger partial charge in [0.1, 0.15) is 11.3 Å². The first-order chi connectivity index (χ1) is 8.24. The summed E-state index contributed by atoms with van der Waals surface area (Å²) in [6.07, 6.45) is 0. The largest absolute Gasteiger partial charge is 0.465 e. The minimum atomic E-state index is -0.516. The van der Waals surface area contributed by atoms with E-state index in [-0.39, 0.29) is 18.1 Å². The molecule has 0 unspecified atom stereocenters. The van der Waals surface area contributed by atoms with Gasteiger partial charge in [-0.2, -0.15) is 4.99 Å². The van der Waals surface area contributed by atoms with Crippen molar-refractivity contribution in [3.05, 3.63) is 23.8 Å². The molecule has 1 aromatic carbocycles. The molecule has 0 saturated carbocycles. The lowest BCUT2D eigenvalue weighted by Crippen LogP contribution is -2.07. The van der Waals surface area contributed by atoms with Gasteiger partial charge in [0, 0.05) is 7.11 Å². The summed E-state index contributed by atoms with van der Waals surface area (Å²) in [4.78, 5) is 15.3. The van der Waals surface area contributed by atoms with Crippen molar-refractivity contribution in [2.75, 3.05) is 21.0 Å². The molecule has 0 heterocycles. The lowest BCUT2D eigenvalue weighted by Gasteiger charge is -2.10. The first kappa shape index (κ1) is 13.3. The van der Waals surface area contributed by atoms with E-state index in [2.05, 4.69) is 27.1 Å². The number of ether oxygens (including phenoxy) is 3. The van der Waals surface area contributed by atoms with E-state index < -0.39 is 5.97 Å². The molecule has 0 aliphatic carbocycles. The van der Waals surface area contributed by atoms with Crippen LogP contribution in [0.1, 0.15) is 10.4 Å². The van der Waals surface area contributed by atoms with Crippen LogP contribution in [0.25, 0.3) is 0 Å². The molecule has 0 spiro atoms. The van der Waals surface area contributed by atoms with Crippen molar-refractivity contribution in [1.82, 2.24) is 0 Å². The number of para-hydroxylation sites is 1. The summed E-state index contributed by atoms with van der Waals surface area (Å²) in [5, 5.41) is 2.22. The second kappa shape index (κ2) is 6.75. The second-order valence-electron chi connectivity index (χ2n) is 2.90. The summed E-state index contributed by atoms with van der Waals surface area (Å²) < 4.78 is 14.7. The Balaban J connectivity index is 3.23. The van der Waals surface area contributed by atoms with E-state index in [0.29, 0.717) is 5.69 Å². The molecule has 0 N–H and O–H groups in total. The van der Waals surface area contributed by atoms with Crippen LogP contribution in [-0.4, -0.2) is 32.1 Å². The van der Waals surface area contributed by atoms with Crippen LogP contribution in [-0.2, 0) is 9.47 Å². The summed E-state index contributed by atoms with van der Waals surface area (Å²) in [5.74, 6) is -0.254. The maximum absolute atomic E-state index is 11.5. The van der Waals surface area contributed by atoms with E-state index >= 15 is 0 Å². The standard InChI is InChI=1S/C11H11NO4S/c1-14-7-16-10-8(11(13)15-2)4-3-5-9(10)12-6-17/h3-5H,7H2,1-2H3. The number of nitrogens with zero attached hydrogens (tertiary/aromatic N) is 1. The Labute approximate surface area is 104 Å². The van der Waals surface area contributed by atoms with Crippen molar-refractivity contribution in [3.63, 3.8) is 0 Å². The molecule has 0 bridgehead atoms. The van der Waals surface area contributed by atoms with Gasteiger partial charge in [0.2, 0.25) is 0 Å². The third-order valence-corrected chi connectivity index (χ3v) is 1.98. The third kappa shape index (κ3) is 3.35. The number of carbonyl (C=O) groups is 1. The zero-order valence-corrected chi connectivity index (χ0v) is 10.2. The lowest BCUT2D eigenvalue weighted by atomic mass is 10.1. The summed E-state index contributed by atoms with van der Waals surface area (Å²) in [7, 11) is 2.76. The predicted molar refractivity (Wildman–Crippen MR) is 65.0 cm³/mol. The van der Waals surface area contributed by atoms with E-state index in [0.717, 1.165) is 0 Å². The molecule has 0 amide bonds. The number of isothiocyanates is 1. The summed E-state index contributed by atoms with van der Waals surface area (Å²) in [6, 6.07) is 4.87. The van der Waals surface area contributed by atoms with Crippen molar-refractivity contribution in [3.8, 4) is 5.75 Å². The number of carbonyl (C=O) groups excluding carboxylic acids is 1. The van der Waals surface area contributed by atoms with Gasteiger partial charge in [-0.1, -0.05) is 6.07 Å². The SMILES string of the molecule is COCOc1c(N=C=S)cccc1C(=O)OC. The predicted octanol–water partition coefficient (Wildman–Crippen LogP) is 2.19. The second-order valence-corrected chi connectivity index (χ2v) is 3.08. The molecule has 1 aromatic rings. The zero-order valence-electron chi connectivity index (χ0n) is 9.43. The highest BCUT2D eigenvalue weighted by molar-refractivity contribution is 7.78. The van der Waals surface area contributed by atoms with Crippen LogP contribution < -0.4 is 4.74 Å². The number of methoxy groups -OCH3 is 2. The first-order valence-electron chi connectivity index (χ1n) is 4.65. The fraction of sp³-hybridized carbons (Fsp3) is 0.273. The number of aliphatic imine (C=N–C) groups is 1. The molecule has 0 fully saturated rings. The molecule has 5 nitrogen and oxygen atoms in total. The number of thiocarbonyl (C=S) groups is 1. The number of esters is 1. The quantitative estimate of drug-likeness (QED) is 0.348. The molecular weight excluding hydrogens is 242 g/mol. The Bertz CT molecular complexity index is 455. The summed E-state index contributed by atoms with van der Waals surface area (Å²) >= 11 is 4.52. The number of benzene rings is 1. The Kier molecular flexibility index (Phi) is 5.29. The van der Waals surface area contributed by atoms with Crippen LogP contribution in [0.3, 0.4) is 0 Å². The smallest absolute Gasteiger partial charge is 0.341 e. The van der Waals surface area contributed by atoms with E-state index in [4.69, 9.17) is 9.47 Å². The van der Waals surface area contributed by atoms with Gasteiger partial charge in [-0.3, -0.25) is 0 Å². The van der Waals surface area contributed by atoms with Gasteiger partial charge in [0.15, 0.2) is 12.5 Å². The molecule has 0 aromatic heterocycles. The molecular formula is C11H11NO4S. The van der Waals surface area contributed by atoms with Crippen LogP contribution in [0.15, 0.2) is 23.2 Å². The van der Waals surface area contributed by atoms with E-state index in [1.165, 1.54) is 14.2 Å². The molecule has 90 valence electrons. The van der Waals surface area contributed by atoms with Gasteiger partial charge in [0.25, 0.3) is 0 Å². The normalized spacial score (nSPS) is 9.29. The average molecular weight is 253 g/mol. The minimum Gasteiger partial charge on any atom is -0.465 e. The Hall–Kier alpha value is -1.75. The lowest BCUT2D eigenvalue weighted by molar-refractivity contribution is 0.0468. The average Bonchev–Trinajstić information content (AvgIpc) is 2.36. The van der Waals surface area contributed by atoms with Gasteiger partial charge in [-0.25, -0.2) is 4.79 Å².